The van der Waals surface area contributed by atoms with Crippen molar-refractivity contribution in [2.45, 2.75) is 25.5 Å². The third kappa shape index (κ3) is 4.54. The van der Waals surface area contributed by atoms with E-state index in [1.807, 2.05) is 41.2 Å². The molecule has 2 heterocycles. The molecule has 3 aromatic rings. The van der Waals surface area contributed by atoms with Gasteiger partial charge in [-0.3, -0.25) is 9.48 Å². The molecule has 30 heavy (non-hydrogen) atoms. The standard InChI is InChI=1S/C22H20F3N3O2/c23-16-8-18(24)17(19(25)9-16)10-21(29)26-11-20-22-15(6-7-30-20)13-28(27-22)12-14-4-2-1-3-5-14/h1-5,8-9,13,20H,6-7,10-12H2,(H,26,29). The van der Waals surface area contributed by atoms with Crippen molar-refractivity contribution in [3.63, 3.8) is 0 Å². The molecule has 0 bridgehead atoms. The van der Waals surface area contributed by atoms with E-state index >= 15 is 0 Å². The van der Waals surface area contributed by atoms with Gasteiger partial charge in [-0.2, -0.15) is 5.10 Å². The van der Waals surface area contributed by atoms with Gasteiger partial charge in [0.05, 0.1) is 25.3 Å². The van der Waals surface area contributed by atoms with Crippen molar-refractivity contribution >= 4 is 5.91 Å². The largest absolute Gasteiger partial charge is 0.370 e. The van der Waals surface area contributed by atoms with E-state index in [9.17, 15) is 18.0 Å². The third-order valence-electron chi connectivity index (χ3n) is 4.98. The number of ether oxygens (including phenoxy) is 1. The van der Waals surface area contributed by atoms with Crippen LogP contribution >= 0.6 is 0 Å². The molecule has 1 amide bonds. The van der Waals surface area contributed by atoms with Crippen LogP contribution in [-0.4, -0.2) is 28.8 Å². The zero-order valence-corrected chi connectivity index (χ0v) is 16.1. The van der Waals surface area contributed by atoms with Gasteiger partial charge in [0.1, 0.15) is 23.6 Å². The van der Waals surface area contributed by atoms with E-state index in [4.69, 9.17) is 4.74 Å². The fourth-order valence-corrected chi connectivity index (χ4v) is 3.51. The minimum atomic E-state index is -1.08. The van der Waals surface area contributed by atoms with Gasteiger partial charge >= 0.3 is 0 Å². The molecule has 5 nitrogen and oxygen atoms in total. The van der Waals surface area contributed by atoms with Gasteiger partial charge in [0, 0.05) is 30.4 Å². The molecule has 156 valence electrons. The van der Waals surface area contributed by atoms with Crippen molar-refractivity contribution < 1.29 is 22.7 Å². The van der Waals surface area contributed by atoms with Crippen molar-refractivity contribution in [2.75, 3.05) is 13.2 Å². The first-order chi connectivity index (χ1) is 14.5. The predicted octanol–water partition coefficient (Wildman–Crippen LogP) is 3.32. The normalized spacial score (nSPS) is 15.6. The van der Waals surface area contributed by atoms with E-state index in [1.165, 1.54) is 0 Å². The van der Waals surface area contributed by atoms with E-state index in [2.05, 4.69) is 10.4 Å². The lowest BCUT2D eigenvalue weighted by Crippen LogP contribution is -2.33. The Balaban J connectivity index is 1.40. The molecule has 2 aromatic carbocycles. The summed E-state index contributed by atoms with van der Waals surface area (Å²) in [5, 5.41) is 7.24. The molecule has 8 heteroatoms. The number of nitrogens with one attached hydrogen (secondary N) is 1. The van der Waals surface area contributed by atoms with Crippen LogP contribution in [0.2, 0.25) is 0 Å². The molecule has 0 aliphatic carbocycles. The minimum absolute atomic E-state index is 0.124. The van der Waals surface area contributed by atoms with Crippen LogP contribution < -0.4 is 5.32 Å². The first kappa shape index (κ1) is 20.2. The second-order valence-corrected chi connectivity index (χ2v) is 7.16. The van der Waals surface area contributed by atoms with E-state index in [1.54, 1.807) is 0 Å². The van der Waals surface area contributed by atoms with Gasteiger partial charge in [-0.05, 0) is 17.5 Å². The summed E-state index contributed by atoms with van der Waals surface area (Å²) in [5.41, 5.74) is 2.45. The SMILES string of the molecule is O=C(Cc1c(F)cc(F)cc1F)NCC1OCCc2cn(Cc3ccccc3)nc21. The molecule has 1 aromatic heterocycles. The van der Waals surface area contributed by atoms with Crippen LogP contribution in [0, 0.1) is 17.5 Å². The Labute approximate surface area is 171 Å². The summed E-state index contributed by atoms with van der Waals surface area (Å²) < 4.78 is 48.1. The summed E-state index contributed by atoms with van der Waals surface area (Å²) >= 11 is 0. The maximum atomic E-state index is 13.7. The summed E-state index contributed by atoms with van der Waals surface area (Å²) in [6.07, 6.45) is 1.72. The number of carbonyl (C=O) groups is 1. The average molecular weight is 415 g/mol. The van der Waals surface area contributed by atoms with Gasteiger partial charge in [-0.15, -0.1) is 0 Å². The Morgan fingerprint density at radius 1 is 1.17 bits per heavy atom. The lowest BCUT2D eigenvalue weighted by atomic mass is 10.1. The van der Waals surface area contributed by atoms with Gasteiger partial charge in [0.15, 0.2) is 0 Å². The van der Waals surface area contributed by atoms with Gasteiger partial charge in [-0.25, -0.2) is 13.2 Å². The predicted molar refractivity (Wildman–Crippen MR) is 103 cm³/mol. The van der Waals surface area contributed by atoms with Gasteiger partial charge in [-0.1, -0.05) is 30.3 Å². The average Bonchev–Trinajstić information content (AvgIpc) is 3.13. The Morgan fingerprint density at radius 3 is 2.63 bits per heavy atom. The van der Waals surface area contributed by atoms with Crippen molar-refractivity contribution in [1.82, 2.24) is 15.1 Å². The molecule has 1 N–H and O–H groups in total. The Kier molecular flexibility index (Phi) is 5.85. The summed E-state index contributed by atoms with van der Waals surface area (Å²) in [4.78, 5) is 12.2. The maximum absolute atomic E-state index is 13.7. The van der Waals surface area contributed by atoms with Crippen LogP contribution in [-0.2, 0) is 28.9 Å². The van der Waals surface area contributed by atoms with Gasteiger partial charge < -0.3 is 10.1 Å². The minimum Gasteiger partial charge on any atom is -0.370 e. The first-order valence-corrected chi connectivity index (χ1v) is 9.61. The second-order valence-electron chi connectivity index (χ2n) is 7.16. The fraction of sp³-hybridized carbons (Fsp3) is 0.273. The zero-order chi connectivity index (χ0) is 21.1. The zero-order valence-electron chi connectivity index (χ0n) is 16.1. The van der Waals surface area contributed by atoms with Crippen LogP contribution in [0.25, 0.3) is 0 Å². The number of nitrogens with zero attached hydrogens (tertiary/aromatic N) is 2. The lowest BCUT2D eigenvalue weighted by molar-refractivity contribution is -0.121. The highest BCUT2D eigenvalue weighted by molar-refractivity contribution is 5.78. The van der Waals surface area contributed by atoms with Crippen LogP contribution in [0.15, 0.2) is 48.7 Å². The molecule has 0 saturated carbocycles. The number of amides is 1. The highest BCUT2D eigenvalue weighted by atomic mass is 19.1. The number of rotatable bonds is 6. The second kappa shape index (κ2) is 8.71. The summed E-state index contributed by atoms with van der Waals surface area (Å²) in [7, 11) is 0. The number of hydrogen-bond donors (Lipinski definition) is 1. The highest BCUT2D eigenvalue weighted by Crippen LogP contribution is 2.25. The monoisotopic (exact) mass is 415 g/mol. The Morgan fingerprint density at radius 2 is 1.90 bits per heavy atom. The van der Waals surface area contributed by atoms with E-state index < -0.39 is 41.4 Å². The molecular formula is C22H20F3N3O2. The van der Waals surface area contributed by atoms with Crippen LogP contribution in [0.3, 0.4) is 0 Å². The fourth-order valence-electron chi connectivity index (χ4n) is 3.51. The molecule has 0 saturated heterocycles. The van der Waals surface area contributed by atoms with Crippen molar-refractivity contribution in [3.8, 4) is 0 Å². The molecule has 4 rings (SSSR count). The van der Waals surface area contributed by atoms with E-state index in [-0.39, 0.29) is 6.54 Å². The lowest BCUT2D eigenvalue weighted by Gasteiger charge is -2.22. The highest BCUT2D eigenvalue weighted by Gasteiger charge is 2.25. The number of hydrogen-bond acceptors (Lipinski definition) is 3. The molecule has 1 aliphatic rings. The van der Waals surface area contributed by atoms with E-state index in [0.717, 1.165) is 23.2 Å². The molecule has 1 aliphatic heterocycles. The summed E-state index contributed by atoms with van der Waals surface area (Å²) in [6, 6.07) is 11.0. The number of benzene rings is 2. The van der Waals surface area contributed by atoms with Crippen LogP contribution in [0.5, 0.6) is 0 Å². The Hall–Kier alpha value is -3.13. The number of carbonyl (C=O) groups excluding carboxylic acids is 1. The van der Waals surface area contributed by atoms with E-state index in [0.29, 0.717) is 25.3 Å². The quantitative estimate of drug-likeness (QED) is 0.672. The van der Waals surface area contributed by atoms with Gasteiger partial charge in [0.25, 0.3) is 0 Å². The maximum Gasteiger partial charge on any atom is 0.224 e. The number of fused-ring (bicyclic) bond motifs is 1. The summed E-state index contributed by atoms with van der Waals surface area (Å²) in [6.45, 7) is 1.24. The molecule has 0 fully saturated rings. The molecule has 1 unspecified atom stereocenters. The van der Waals surface area contributed by atoms with Crippen LogP contribution in [0.4, 0.5) is 13.2 Å². The molecule has 1 atom stereocenters. The number of aromatic nitrogens is 2. The molecule has 0 radical (unpaired) electrons. The first-order valence-electron chi connectivity index (χ1n) is 9.61. The number of halogens is 3. The van der Waals surface area contributed by atoms with Crippen LogP contribution in [0.1, 0.15) is 28.5 Å². The smallest absolute Gasteiger partial charge is 0.224 e. The topological polar surface area (TPSA) is 56.1 Å². The summed E-state index contributed by atoms with van der Waals surface area (Å²) in [5.74, 6) is -3.78. The van der Waals surface area contributed by atoms with Crippen molar-refractivity contribution in [3.05, 3.63) is 88.5 Å². The van der Waals surface area contributed by atoms with Gasteiger partial charge in [0.2, 0.25) is 5.91 Å². The Bertz CT molecular complexity index is 1030. The van der Waals surface area contributed by atoms with Crippen molar-refractivity contribution in [2.24, 2.45) is 0 Å². The van der Waals surface area contributed by atoms with Crippen molar-refractivity contribution in [1.29, 1.82) is 0 Å². The molecule has 0 spiro atoms. The molecular weight excluding hydrogens is 395 g/mol. The third-order valence-corrected chi connectivity index (χ3v) is 4.98.